The van der Waals surface area contributed by atoms with Gasteiger partial charge < -0.3 is 0 Å². The van der Waals surface area contributed by atoms with Gasteiger partial charge in [-0.15, -0.1) is 0 Å². The van der Waals surface area contributed by atoms with E-state index in [1.54, 1.807) is 0 Å². The molecule has 0 N–H and O–H groups in total. The normalized spacial score (nSPS) is 25.6. The van der Waals surface area contributed by atoms with Gasteiger partial charge in [0.05, 0.1) is 24.7 Å². The minimum atomic E-state index is -0.000324. The zero-order valence-electron chi connectivity index (χ0n) is 5.75. The van der Waals surface area contributed by atoms with Gasteiger partial charge in [0.2, 0.25) is 0 Å². The summed E-state index contributed by atoms with van der Waals surface area (Å²) in [4.78, 5) is 1.92. The van der Waals surface area contributed by atoms with Gasteiger partial charge in [0, 0.05) is 6.54 Å². The van der Waals surface area contributed by atoms with Crippen LogP contribution in [-0.4, -0.2) is 24.0 Å². The third-order valence-corrected chi connectivity index (χ3v) is 1.79. The maximum absolute atomic E-state index is 8.56. The molecule has 1 unspecified atom stereocenters. The Balaban J connectivity index is 2.46. The zero-order chi connectivity index (χ0) is 7.40. The molecule has 1 heterocycles. The Kier molecular flexibility index (Phi) is 2.25. The monoisotopic (exact) mass is 135 g/mol. The molecule has 0 amide bonds. The van der Waals surface area contributed by atoms with Gasteiger partial charge in [-0.3, -0.25) is 4.90 Å². The molecule has 0 aromatic carbocycles. The molecule has 0 aromatic heterocycles. The molecule has 1 aliphatic rings. The van der Waals surface area contributed by atoms with Crippen molar-refractivity contribution in [3.05, 3.63) is 0 Å². The van der Waals surface area contributed by atoms with Crippen LogP contribution in [0.4, 0.5) is 0 Å². The lowest BCUT2D eigenvalue weighted by Crippen LogP contribution is -2.28. The topological polar surface area (TPSA) is 50.8 Å². The van der Waals surface area contributed by atoms with Gasteiger partial charge in [0.25, 0.3) is 0 Å². The van der Waals surface area contributed by atoms with Crippen molar-refractivity contribution in [1.82, 2.24) is 4.90 Å². The summed E-state index contributed by atoms with van der Waals surface area (Å²) in [7, 11) is 0. The fourth-order valence-corrected chi connectivity index (χ4v) is 1.25. The van der Waals surface area contributed by atoms with E-state index in [9.17, 15) is 0 Å². The predicted octanol–water partition coefficient (Wildman–Crippen LogP) is 0.498. The summed E-state index contributed by atoms with van der Waals surface area (Å²) < 4.78 is 0. The summed E-state index contributed by atoms with van der Waals surface area (Å²) in [5.74, 6) is 0. The Morgan fingerprint density at radius 3 is 2.90 bits per heavy atom. The number of likely N-dealkylation sites (tertiary alicyclic amines) is 1. The molecule has 3 heteroatoms. The summed E-state index contributed by atoms with van der Waals surface area (Å²) in [6, 6.07) is 4.22. The average Bonchev–Trinajstić information content (AvgIpc) is 2.36. The second kappa shape index (κ2) is 3.20. The van der Waals surface area contributed by atoms with Gasteiger partial charge in [-0.05, 0) is 12.8 Å². The highest BCUT2D eigenvalue weighted by atomic mass is 15.2. The van der Waals surface area contributed by atoms with E-state index in [1.165, 1.54) is 0 Å². The summed E-state index contributed by atoms with van der Waals surface area (Å²) >= 11 is 0. The average molecular weight is 135 g/mol. The third-order valence-electron chi connectivity index (χ3n) is 1.79. The van der Waals surface area contributed by atoms with E-state index in [2.05, 4.69) is 6.07 Å². The fourth-order valence-electron chi connectivity index (χ4n) is 1.25. The van der Waals surface area contributed by atoms with E-state index in [4.69, 9.17) is 10.5 Å². The van der Waals surface area contributed by atoms with Crippen molar-refractivity contribution < 1.29 is 0 Å². The predicted molar refractivity (Wildman–Crippen MR) is 35.8 cm³/mol. The van der Waals surface area contributed by atoms with Crippen molar-refractivity contribution in [2.24, 2.45) is 0 Å². The second-order valence-electron chi connectivity index (χ2n) is 2.42. The quantitative estimate of drug-likeness (QED) is 0.492. The maximum atomic E-state index is 8.56. The van der Waals surface area contributed by atoms with Gasteiger partial charge in [-0.2, -0.15) is 10.5 Å². The van der Waals surface area contributed by atoms with E-state index < -0.39 is 0 Å². The molecule has 1 atom stereocenters. The molecule has 0 saturated carbocycles. The lowest BCUT2D eigenvalue weighted by atomic mass is 10.2. The largest absolute Gasteiger partial charge is 0.275 e. The first-order chi connectivity index (χ1) is 4.88. The number of nitriles is 2. The van der Waals surface area contributed by atoms with Crippen LogP contribution in [0.25, 0.3) is 0 Å². The summed E-state index contributed by atoms with van der Waals surface area (Å²) in [5, 5.41) is 16.9. The van der Waals surface area contributed by atoms with Crippen molar-refractivity contribution in [2.45, 2.75) is 18.9 Å². The highest BCUT2D eigenvalue weighted by molar-refractivity contribution is 4.98. The molecule has 1 saturated heterocycles. The Morgan fingerprint density at radius 1 is 1.50 bits per heavy atom. The molecular formula is C7H9N3. The highest BCUT2D eigenvalue weighted by Crippen LogP contribution is 2.14. The molecule has 0 aromatic rings. The van der Waals surface area contributed by atoms with E-state index >= 15 is 0 Å². The Hall–Kier alpha value is -1.06. The highest BCUT2D eigenvalue weighted by Gasteiger charge is 2.22. The molecule has 10 heavy (non-hydrogen) atoms. The second-order valence-corrected chi connectivity index (χ2v) is 2.42. The lowest BCUT2D eigenvalue weighted by molar-refractivity contribution is 0.331. The SMILES string of the molecule is N#CCN1CCCC1C#N. The molecular weight excluding hydrogens is 126 g/mol. The number of nitrogens with zero attached hydrogens (tertiary/aromatic N) is 3. The van der Waals surface area contributed by atoms with E-state index in [0.717, 1.165) is 19.4 Å². The minimum Gasteiger partial charge on any atom is -0.275 e. The summed E-state index contributed by atoms with van der Waals surface area (Å²) in [6.07, 6.45) is 1.98. The number of hydrogen-bond acceptors (Lipinski definition) is 3. The van der Waals surface area contributed by atoms with Gasteiger partial charge in [-0.1, -0.05) is 0 Å². The standard InChI is InChI=1S/C7H9N3/c8-3-5-10-4-1-2-7(10)6-9/h7H,1-2,4-5H2. The number of rotatable bonds is 1. The van der Waals surface area contributed by atoms with Crippen molar-refractivity contribution in [3.63, 3.8) is 0 Å². The molecule has 1 rings (SSSR count). The maximum Gasteiger partial charge on any atom is 0.0986 e. The summed E-state index contributed by atoms with van der Waals surface area (Å²) in [6.45, 7) is 1.31. The third kappa shape index (κ3) is 1.26. The van der Waals surface area contributed by atoms with Crippen LogP contribution in [0, 0.1) is 22.7 Å². The zero-order valence-corrected chi connectivity index (χ0v) is 5.75. The van der Waals surface area contributed by atoms with Crippen LogP contribution in [0.15, 0.2) is 0 Å². The summed E-state index contributed by atoms with van der Waals surface area (Å²) in [5.41, 5.74) is 0. The molecule has 1 fully saturated rings. The molecule has 0 spiro atoms. The van der Waals surface area contributed by atoms with Crippen LogP contribution < -0.4 is 0 Å². The molecule has 1 aliphatic heterocycles. The van der Waals surface area contributed by atoms with Crippen LogP contribution in [0.2, 0.25) is 0 Å². The molecule has 3 nitrogen and oxygen atoms in total. The molecule has 52 valence electrons. The van der Waals surface area contributed by atoms with Gasteiger partial charge >= 0.3 is 0 Å². The first-order valence-electron chi connectivity index (χ1n) is 3.39. The van der Waals surface area contributed by atoms with Crippen molar-refractivity contribution in [2.75, 3.05) is 13.1 Å². The Labute approximate surface area is 60.5 Å². The molecule has 0 radical (unpaired) electrons. The van der Waals surface area contributed by atoms with Crippen LogP contribution in [-0.2, 0) is 0 Å². The van der Waals surface area contributed by atoms with Gasteiger partial charge in [0.15, 0.2) is 0 Å². The lowest BCUT2D eigenvalue weighted by Gasteiger charge is -2.13. The van der Waals surface area contributed by atoms with Crippen LogP contribution in [0.1, 0.15) is 12.8 Å². The van der Waals surface area contributed by atoms with Crippen molar-refractivity contribution in [3.8, 4) is 12.1 Å². The van der Waals surface area contributed by atoms with Crippen molar-refractivity contribution in [1.29, 1.82) is 10.5 Å². The molecule has 0 bridgehead atoms. The number of hydrogen-bond donors (Lipinski definition) is 0. The Bertz CT molecular complexity index is 186. The van der Waals surface area contributed by atoms with Gasteiger partial charge in [-0.25, -0.2) is 0 Å². The first-order valence-corrected chi connectivity index (χ1v) is 3.39. The minimum absolute atomic E-state index is 0.000324. The smallest absolute Gasteiger partial charge is 0.0986 e. The van der Waals surface area contributed by atoms with E-state index in [0.29, 0.717) is 6.54 Å². The van der Waals surface area contributed by atoms with Crippen LogP contribution in [0.5, 0.6) is 0 Å². The van der Waals surface area contributed by atoms with E-state index in [1.807, 2.05) is 11.0 Å². The molecule has 0 aliphatic carbocycles. The fraction of sp³-hybridized carbons (Fsp3) is 0.714. The van der Waals surface area contributed by atoms with Crippen LogP contribution in [0.3, 0.4) is 0 Å². The van der Waals surface area contributed by atoms with Gasteiger partial charge in [0.1, 0.15) is 0 Å². The van der Waals surface area contributed by atoms with E-state index in [-0.39, 0.29) is 6.04 Å². The first kappa shape index (κ1) is 7.05. The Morgan fingerprint density at radius 2 is 2.30 bits per heavy atom. The van der Waals surface area contributed by atoms with Crippen molar-refractivity contribution >= 4 is 0 Å². The van der Waals surface area contributed by atoms with Crippen LogP contribution >= 0.6 is 0 Å².